The molecule has 10 nitrogen and oxygen atoms in total. The first-order chi connectivity index (χ1) is 18.9. The average Bonchev–Trinajstić information content (AvgIpc) is 3.30. The van der Waals surface area contributed by atoms with E-state index in [1.54, 1.807) is 0 Å². The molecule has 1 atom stereocenters. The summed E-state index contributed by atoms with van der Waals surface area (Å²) in [6, 6.07) is 14.8. The summed E-state index contributed by atoms with van der Waals surface area (Å²) in [6.45, 7) is 0.811. The molecule has 0 unspecified atom stereocenters. The van der Waals surface area contributed by atoms with Crippen LogP contribution in [0.3, 0.4) is 0 Å². The molecule has 0 spiro atoms. The van der Waals surface area contributed by atoms with Gasteiger partial charge in [-0.05, 0) is 47.9 Å². The second kappa shape index (κ2) is 13.0. The summed E-state index contributed by atoms with van der Waals surface area (Å²) in [5.41, 5.74) is 4.39. The van der Waals surface area contributed by atoms with Crippen LogP contribution in [-0.2, 0) is 28.7 Å². The van der Waals surface area contributed by atoms with E-state index in [1.807, 2.05) is 48.5 Å². The molecule has 0 aromatic heterocycles. The number of hydrogen-bond donors (Lipinski definition) is 2. The van der Waals surface area contributed by atoms with Crippen molar-refractivity contribution in [3.05, 3.63) is 59.7 Å². The Balaban J connectivity index is 1.23. The summed E-state index contributed by atoms with van der Waals surface area (Å²) in [6.07, 6.45) is 1.73. The number of rotatable bonds is 9. The molecule has 0 bridgehead atoms. The number of carbonyl (C=O) groups is 5. The van der Waals surface area contributed by atoms with Gasteiger partial charge in [0.25, 0.3) is 0 Å². The number of piperidine rings is 1. The number of ketones is 1. The molecular formula is C29H33N3O7. The van der Waals surface area contributed by atoms with Crippen LogP contribution >= 0.6 is 0 Å². The van der Waals surface area contributed by atoms with Gasteiger partial charge in [-0.1, -0.05) is 48.5 Å². The molecule has 1 heterocycles. The standard InChI is InChI=1S/C29H33N3O7/c1-38-28(36)25(31-26(34)27(35)32-15-7-2-8-16-32)14-13-19(33)17-30-29(37)39-18-24-22-11-5-3-9-20(22)21-10-4-6-12-23(21)24/h3-6,9-12,24-25H,2,7-8,13-18H2,1H3,(H,30,37)(H,31,34)/t25-/m0/s1. The van der Waals surface area contributed by atoms with E-state index in [4.69, 9.17) is 9.47 Å². The van der Waals surface area contributed by atoms with Crippen molar-refractivity contribution in [2.24, 2.45) is 0 Å². The van der Waals surface area contributed by atoms with Crippen LogP contribution < -0.4 is 10.6 Å². The van der Waals surface area contributed by atoms with E-state index in [0.717, 1.165) is 48.6 Å². The van der Waals surface area contributed by atoms with Crippen LogP contribution in [0, 0.1) is 0 Å². The number of alkyl carbamates (subject to hydrolysis) is 1. The summed E-state index contributed by atoms with van der Waals surface area (Å²) in [4.78, 5) is 63.1. The first-order valence-electron chi connectivity index (χ1n) is 13.2. The largest absolute Gasteiger partial charge is 0.467 e. The van der Waals surface area contributed by atoms with E-state index in [9.17, 15) is 24.0 Å². The smallest absolute Gasteiger partial charge is 0.407 e. The first kappa shape index (κ1) is 27.8. The van der Waals surface area contributed by atoms with Gasteiger partial charge in [0.2, 0.25) is 0 Å². The van der Waals surface area contributed by atoms with Crippen LogP contribution in [0.15, 0.2) is 48.5 Å². The Labute approximate surface area is 227 Å². The number of methoxy groups -OCH3 is 1. The number of hydrogen-bond acceptors (Lipinski definition) is 7. The van der Waals surface area contributed by atoms with Crippen LogP contribution in [0.4, 0.5) is 4.79 Å². The van der Waals surface area contributed by atoms with Crippen molar-refractivity contribution in [3.8, 4) is 11.1 Å². The lowest BCUT2D eigenvalue weighted by atomic mass is 9.98. The number of esters is 1. The second-order valence-electron chi connectivity index (χ2n) is 9.66. The molecule has 206 valence electrons. The predicted molar refractivity (Wildman–Crippen MR) is 142 cm³/mol. The molecule has 3 amide bonds. The molecule has 4 rings (SSSR count). The van der Waals surface area contributed by atoms with E-state index < -0.39 is 29.9 Å². The molecule has 2 aromatic rings. The quantitative estimate of drug-likeness (QED) is 0.373. The number of amides is 3. The Morgan fingerprint density at radius 1 is 0.923 bits per heavy atom. The highest BCUT2D eigenvalue weighted by molar-refractivity contribution is 6.35. The number of carbonyl (C=O) groups excluding carboxylic acids is 5. The fourth-order valence-corrected chi connectivity index (χ4v) is 5.07. The molecule has 0 radical (unpaired) electrons. The highest BCUT2D eigenvalue weighted by atomic mass is 16.5. The molecule has 2 N–H and O–H groups in total. The maximum Gasteiger partial charge on any atom is 0.407 e. The molecule has 1 aliphatic heterocycles. The van der Waals surface area contributed by atoms with E-state index in [2.05, 4.69) is 10.6 Å². The van der Waals surface area contributed by atoms with Gasteiger partial charge in [0.1, 0.15) is 12.6 Å². The molecule has 10 heteroatoms. The summed E-state index contributed by atoms with van der Waals surface area (Å²) in [7, 11) is 1.16. The van der Waals surface area contributed by atoms with E-state index >= 15 is 0 Å². The number of Topliss-reactive ketones (excluding diaryl/α,β-unsaturated/α-hetero) is 1. The Kier molecular flexibility index (Phi) is 9.30. The van der Waals surface area contributed by atoms with Gasteiger partial charge in [0, 0.05) is 25.4 Å². The normalized spacial score (nSPS) is 14.9. The lowest BCUT2D eigenvalue weighted by molar-refractivity contribution is -0.150. The zero-order valence-electron chi connectivity index (χ0n) is 21.9. The number of ether oxygens (including phenoxy) is 2. The van der Waals surface area contributed by atoms with Crippen LogP contribution in [0.2, 0.25) is 0 Å². The van der Waals surface area contributed by atoms with E-state index in [-0.39, 0.29) is 37.7 Å². The van der Waals surface area contributed by atoms with Crippen molar-refractivity contribution < 1.29 is 33.4 Å². The van der Waals surface area contributed by atoms with Crippen molar-refractivity contribution in [1.82, 2.24) is 15.5 Å². The lowest BCUT2D eigenvalue weighted by Crippen LogP contribution is -2.50. The van der Waals surface area contributed by atoms with Crippen molar-refractivity contribution in [1.29, 1.82) is 0 Å². The topological polar surface area (TPSA) is 131 Å². The molecule has 1 aliphatic carbocycles. The average molecular weight is 536 g/mol. The second-order valence-corrected chi connectivity index (χ2v) is 9.66. The molecular weight excluding hydrogens is 502 g/mol. The number of fused-ring (bicyclic) bond motifs is 3. The minimum atomic E-state index is -1.16. The van der Waals surface area contributed by atoms with Gasteiger partial charge in [0.15, 0.2) is 5.78 Å². The van der Waals surface area contributed by atoms with Gasteiger partial charge < -0.3 is 25.0 Å². The lowest BCUT2D eigenvalue weighted by Gasteiger charge is -2.26. The first-order valence-corrected chi connectivity index (χ1v) is 13.2. The minimum absolute atomic E-state index is 0.0725. The molecule has 2 aromatic carbocycles. The van der Waals surface area contributed by atoms with Gasteiger partial charge in [0.05, 0.1) is 13.7 Å². The van der Waals surface area contributed by atoms with Crippen molar-refractivity contribution in [3.63, 3.8) is 0 Å². The van der Waals surface area contributed by atoms with Gasteiger partial charge in [-0.2, -0.15) is 0 Å². The van der Waals surface area contributed by atoms with Gasteiger partial charge >= 0.3 is 23.9 Å². The maximum atomic E-state index is 12.4. The van der Waals surface area contributed by atoms with Crippen molar-refractivity contribution in [2.75, 3.05) is 33.4 Å². The number of likely N-dealkylation sites (tertiary alicyclic amines) is 1. The summed E-state index contributed by atoms with van der Waals surface area (Å²) < 4.78 is 10.2. The molecule has 1 saturated heterocycles. The SMILES string of the molecule is COC(=O)[C@H](CCC(=O)CNC(=O)OCC1c2ccccc2-c2ccccc21)NC(=O)C(=O)N1CCCCC1. The third-order valence-electron chi connectivity index (χ3n) is 7.11. The Hall–Kier alpha value is -4.21. The number of nitrogens with one attached hydrogen (secondary N) is 2. The van der Waals surface area contributed by atoms with E-state index in [0.29, 0.717) is 13.1 Å². The summed E-state index contributed by atoms with van der Waals surface area (Å²) >= 11 is 0. The van der Waals surface area contributed by atoms with Crippen LogP contribution in [0.1, 0.15) is 49.1 Å². The van der Waals surface area contributed by atoms with E-state index in [1.165, 1.54) is 4.90 Å². The van der Waals surface area contributed by atoms with Crippen molar-refractivity contribution in [2.45, 2.75) is 44.1 Å². The Morgan fingerprint density at radius 2 is 1.54 bits per heavy atom. The van der Waals surface area contributed by atoms with Crippen LogP contribution in [0.5, 0.6) is 0 Å². The molecule has 39 heavy (non-hydrogen) atoms. The van der Waals surface area contributed by atoms with Crippen LogP contribution in [-0.4, -0.2) is 74.0 Å². The number of nitrogens with zero attached hydrogens (tertiary/aromatic N) is 1. The zero-order chi connectivity index (χ0) is 27.8. The maximum absolute atomic E-state index is 12.4. The Morgan fingerprint density at radius 3 is 2.15 bits per heavy atom. The molecule has 2 aliphatic rings. The van der Waals surface area contributed by atoms with Crippen LogP contribution in [0.25, 0.3) is 11.1 Å². The van der Waals surface area contributed by atoms with Gasteiger partial charge in [-0.15, -0.1) is 0 Å². The fraction of sp³-hybridized carbons (Fsp3) is 0.414. The molecule has 0 saturated carbocycles. The summed E-state index contributed by atoms with van der Waals surface area (Å²) in [5, 5.41) is 4.83. The predicted octanol–water partition coefficient (Wildman–Crippen LogP) is 2.54. The highest BCUT2D eigenvalue weighted by Gasteiger charge is 2.30. The zero-order valence-corrected chi connectivity index (χ0v) is 21.9. The monoisotopic (exact) mass is 535 g/mol. The van der Waals surface area contributed by atoms with Gasteiger partial charge in [-0.25, -0.2) is 9.59 Å². The third-order valence-corrected chi connectivity index (χ3v) is 7.11. The fourth-order valence-electron chi connectivity index (χ4n) is 5.07. The Bertz CT molecular complexity index is 1190. The third kappa shape index (κ3) is 6.81. The molecule has 1 fully saturated rings. The highest BCUT2D eigenvalue weighted by Crippen LogP contribution is 2.44. The van der Waals surface area contributed by atoms with Gasteiger partial charge in [-0.3, -0.25) is 14.4 Å². The minimum Gasteiger partial charge on any atom is -0.467 e. The van der Waals surface area contributed by atoms with Crippen molar-refractivity contribution >= 4 is 29.7 Å². The number of benzene rings is 2. The summed E-state index contributed by atoms with van der Waals surface area (Å²) in [5.74, 6) is -2.83.